The van der Waals surface area contributed by atoms with Crippen LogP contribution in [0.5, 0.6) is 0 Å². The van der Waals surface area contributed by atoms with Crippen molar-refractivity contribution < 1.29 is 9.53 Å². The molecule has 0 saturated heterocycles. The first-order chi connectivity index (χ1) is 9.19. The van der Waals surface area contributed by atoms with Gasteiger partial charge in [-0.2, -0.15) is 0 Å². The van der Waals surface area contributed by atoms with Gasteiger partial charge in [-0.15, -0.1) is 12.0 Å². The third-order valence-corrected chi connectivity index (χ3v) is 3.83. The van der Waals surface area contributed by atoms with Crippen LogP contribution in [0.25, 0.3) is 0 Å². The second-order valence-electron chi connectivity index (χ2n) is 5.22. The summed E-state index contributed by atoms with van der Waals surface area (Å²) in [5.74, 6) is 0. The molecule has 0 heterocycles. The number of rotatable bonds is 2. The van der Waals surface area contributed by atoms with Crippen LogP contribution in [0.4, 0.5) is 10.5 Å². The topological polar surface area (TPSA) is 38.3 Å². The van der Waals surface area contributed by atoms with Gasteiger partial charge in [-0.25, -0.2) is 4.79 Å². The monoisotopic (exact) mass is 403 g/mol. The molecule has 0 radical (unpaired) electrons. The Morgan fingerprint density at radius 3 is 2.40 bits per heavy atom. The summed E-state index contributed by atoms with van der Waals surface area (Å²) >= 11 is 2.18. The van der Waals surface area contributed by atoms with Crippen LogP contribution >= 0.6 is 22.6 Å². The molecule has 0 aliphatic carbocycles. The quantitative estimate of drug-likeness (QED) is 0.443. The van der Waals surface area contributed by atoms with Crippen molar-refractivity contribution in [3.8, 4) is 12.0 Å². The average molecular weight is 403 g/mol. The number of nitrogens with one attached hydrogen (secondary N) is 1. The third kappa shape index (κ3) is 8.99. The Hall–Kier alpha value is -1.00. The molecule has 1 amide bonds. The maximum absolute atomic E-state index is 11.1. The van der Waals surface area contributed by atoms with Crippen molar-refractivity contribution in [2.45, 2.75) is 33.5 Å². The third-order valence-electron chi connectivity index (χ3n) is 2.07. The zero-order valence-electron chi connectivity index (χ0n) is 12.7. The molecule has 20 heavy (non-hydrogen) atoms. The standard InChI is InChI=1S/C10H12INO2.C5H10Si/c1-3-14-10(13)12-9-5-4-7(2)6-8(9)11;1-5-6(2,3)4/h4-6H,3H2,1-2H3,(H,12,13);1H,2-4H3. The minimum atomic E-state index is -1.10. The van der Waals surface area contributed by atoms with E-state index < -0.39 is 14.2 Å². The zero-order valence-corrected chi connectivity index (χ0v) is 15.9. The maximum atomic E-state index is 11.1. The summed E-state index contributed by atoms with van der Waals surface area (Å²) in [6.07, 6.45) is 4.71. The number of halogens is 1. The summed E-state index contributed by atoms with van der Waals surface area (Å²) in [4.78, 5) is 11.1. The summed E-state index contributed by atoms with van der Waals surface area (Å²) in [5.41, 5.74) is 4.70. The van der Waals surface area contributed by atoms with Crippen LogP contribution in [0.1, 0.15) is 12.5 Å². The number of benzene rings is 1. The Morgan fingerprint density at radius 1 is 1.45 bits per heavy atom. The van der Waals surface area contributed by atoms with Crippen LogP contribution in [-0.4, -0.2) is 20.8 Å². The molecule has 0 aliphatic heterocycles. The van der Waals surface area contributed by atoms with Gasteiger partial charge in [0.25, 0.3) is 0 Å². The highest BCUT2D eigenvalue weighted by molar-refractivity contribution is 14.1. The Labute approximate surface area is 136 Å². The van der Waals surface area contributed by atoms with Gasteiger partial charge < -0.3 is 4.74 Å². The molecule has 1 rings (SSSR count). The smallest absolute Gasteiger partial charge is 0.411 e. The molecule has 0 atom stereocenters. The fourth-order valence-corrected chi connectivity index (χ4v) is 1.80. The number of terminal acetylenes is 1. The van der Waals surface area contributed by atoms with Gasteiger partial charge in [0.05, 0.1) is 12.3 Å². The lowest BCUT2D eigenvalue weighted by atomic mass is 10.2. The van der Waals surface area contributed by atoms with Crippen LogP contribution in [0, 0.1) is 22.5 Å². The van der Waals surface area contributed by atoms with Crippen molar-refractivity contribution in [3.05, 3.63) is 27.3 Å². The minimum Gasteiger partial charge on any atom is -0.450 e. The second kappa shape index (κ2) is 9.03. The molecule has 110 valence electrons. The Balaban J connectivity index is 0.000000511. The van der Waals surface area contributed by atoms with E-state index in [0.717, 1.165) is 9.26 Å². The largest absolute Gasteiger partial charge is 0.450 e. The van der Waals surface area contributed by atoms with Crippen molar-refractivity contribution in [2.24, 2.45) is 0 Å². The van der Waals surface area contributed by atoms with Crippen molar-refractivity contribution in [3.63, 3.8) is 0 Å². The van der Waals surface area contributed by atoms with Gasteiger partial charge in [0.1, 0.15) is 8.07 Å². The predicted molar refractivity (Wildman–Crippen MR) is 96.7 cm³/mol. The summed E-state index contributed by atoms with van der Waals surface area (Å²) < 4.78 is 5.79. The number of hydrogen-bond donors (Lipinski definition) is 1. The van der Waals surface area contributed by atoms with Crippen LogP contribution in [0.3, 0.4) is 0 Å². The number of carbonyl (C=O) groups excluding carboxylic acids is 1. The lowest BCUT2D eigenvalue weighted by Gasteiger charge is -2.07. The molecule has 0 fully saturated rings. The normalized spacial score (nSPS) is 9.85. The van der Waals surface area contributed by atoms with E-state index in [1.807, 2.05) is 25.1 Å². The molecule has 5 heteroatoms. The Bertz CT molecular complexity index is 490. The van der Waals surface area contributed by atoms with Gasteiger partial charge in [0, 0.05) is 3.57 Å². The predicted octanol–water partition coefficient (Wildman–Crippen LogP) is 4.67. The zero-order chi connectivity index (χ0) is 15.8. The van der Waals surface area contributed by atoms with E-state index in [2.05, 4.69) is 53.1 Å². The van der Waals surface area contributed by atoms with Crippen molar-refractivity contribution in [1.82, 2.24) is 0 Å². The molecule has 0 saturated carbocycles. The fraction of sp³-hybridized carbons (Fsp3) is 0.400. The first-order valence-electron chi connectivity index (χ1n) is 6.37. The number of ether oxygens (including phenoxy) is 1. The molecule has 0 spiro atoms. The van der Waals surface area contributed by atoms with Crippen LogP contribution in [-0.2, 0) is 4.74 Å². The van der Waals surface area contributed by atoms with Gasteiger partial charge in [-0.3, -0.25) is 5.32 Å². The summed E-state index contributed by atoms with van der Waals surface area (Å²) in [6.45, 7) is 10.6. The van der Waals surface area contributed by atoms with E-state index in [4.69, 9.17) is 11.2 Å². The molecule has 1 aromatic rings. The Morgan fingerprint density at radius 2 is 2.00 bits per heavy atom. The minimum absolute atomic E-state index is 0.383. The summed E-state index contributed by atoms with van der Waals surface area (Å²) in [5, 5.41) is 2.67. The number of amides is 1. The Kier molecular flexibility index (Phi) is 8.58. The summed E-state index contributed by atoms with van der Waals surface area (Å²) in [6, 6.07) is 5.82. The molecule has 3 nitrogen and oxygen atoms in total. The molecule has 0 unspecified atom stereocenters. The van der Waals surface area contributed by atoms with Gasteiger partial charge in [0.15, 0.2) is 0 Å². The highest BCUT2D eigenvalue weighted by atomic mass is 127. The van der Waals surface area contributed by atoms with Crippen molar-refractivity contribution in [1.29, 1.82) is 0 Å². The summed E-state index contributed by atoms with van der Waals surface area (Å²) in [7, 11) is -1.10. The van der Waals surface area contributed by atoms with Gasteiger partial charge in [0.2, 0.25) is 0 Å². The van der Waals surface area contributed by atoms with Gasteiger partial charge in [-0.05, 0) is 54.1 Å². The molecular formula is C15H22INO2Si. The van der Waals surface area contributed by atoms with Gasteiger partial charge >= 0.3 is 6.09 Å². The highest BCUT2D eigenvalue weighted by Crippen LogP contribution is 2.19. The lowest BCUT2D eigenvalue weighted by Crippen LogP contribution is -2.15. The van der Waals surface area contributed by atoms with E-state index in [1.165, 1.54) is 5.56 Å². The first-order valence-corrected chi connectivity index (χ1v) is 10.9. The van der Waals surface area contributed by atoms with E-state index in [0.29, 0.717) is 6.61 Å². The van der Waals surface area contributed by atoms with E-state index >= 15 is 0 Å². The van der Waals surface area contributed by atoms with Crippen LogP contribution in [0.15, 0.2) is 18.2 Å². The van der Waals surface area contributed by atoms with Crippen LogP contribution in [0.2, 0.25) is 19.6 Å². The molecule has 0 aliphatic rings. The average Bonchev–Trinajstić information content (AvgIpc) is 2.33. The lowest BCUT2D eigenvalue weighted by molar-refractivity contribution is 0.168. The number of carbonyl (C=O) groups is 1. The van der Waals surface area contributed by atoms with E-state index in [1.54, 1.807) is 6.92 Å². The van der Waals surface area contributed by atoms with E-state index in [9.17, 15) is 4.79 Å². The fourth-order valence-electron chi connectivity index (χ4n) is 0.999. The van der Waals surface area contributed by atoms with Gasteiger partial charge in [-0.1, -0.05) is 25.7 Å². The SMILES string of the molecule is C#C[Si](C)(C)C.CCOC(=O)Nc1ccc(C)cc1I. The van der Waals surface area contributed by atoms with E-state index in [-0.39, 0.29) is 0 Å². The van der Waals surface area contributed by atoms with Crippen LogP contribution < -0.4 is 5.32 Å². The second-order valence-corrected chi connectivity index (χ2v) is 11.2. The maximum Gasteiger partial charge on any atom is 0.411 e. The number of hydrogen-bond acceptors (Lipinski definition) is 2. The molecule has 0 aromatic heterocycles. The molecular weight excluding hydrogens is 381 g/mol. The molecule has 1 aromatic carbocycles. The number of anilines is 1. The molecule has 0 bridgehead atoms. The molecule has 1 N–H and O–H groups in total. The first kappa shape index (κ1) is 19.0. The van der Waals surface area contributed by atoms with Crippen molar-refractivity contribution >= 4 is 42.4 Å². The number of aryl methyl sites for hydroxylation is 1. The highest BCUT2D eigenvalue weighted by Gasteiger charge is 2.05. The van der Waals surface area contributed by atoms with Crippen molar-refractivity contribution in [2.75, 3.05) is 11.9 Å².